The quantitative estimate of drug-likeness (QED) is 0.0306. The highest BCUT2D eigenvalue weighted by Gasteiger charge is 2.31. The van der Waals surface area contributed by atoms with Crippen LogP contribution in [-0.4, -0.2) is 118 Å². The Morgan fingerprint density at radius 1 is 0.554 bits per heavy atom. The van der Waals surface area contributed by atoms with Crippen molar-refractivity contribution < 1.29 is 62.5 Å². The number of carbonyl (C=O) groups excluding carboxylic acids is 8. The third kappa shape index (κ3) is 22.0. The number of nitrogens with one attached hydrogen (secondary N) is 9. The van der Waals surface area contributed by atoms with Gasteiger partial charge in [0.05, 0.1) is 6.54 Å². The lowest BCUT2D eigenvalue weighted by Crippen LogP contribution is -2.58. The fraction of sp³-hybridized carbons (Fsp3) is 0.412. The lowest BCUT2D eigenvalue weighted by atomic mass is 10.0. The summed E-state index contributed by atoms with van der Waals surface area (Å²) in [5.74, 6) is -7.98. The first-order valence-corrected chi connectivity index (χ1v) is 24.3. The number of halogens is 1. The molecule has 13 N–H and O–H groups in total. The number of hydrogen-bond acceptors (Lipinski definition) is 10. The van der Waals surface area contributed by atoms with Crippen molar-refractivity contribution >= 4 is 75.9 Å². The van der Waals surface area contributed by atoms with Crippen LogP contribution in [-0.2, 0) is 56.0 Å². The number of carboxylic acid groups (broad SMARTS) is 2. The molecule has 0 bridgehead atoms. The molecule has 4 atom stereocenters. The molecule has 0 fully saturated rings. The number of aromatic amines is 1. The number of fused-ring (bicyclic) bond motifs is 1. The fourth-order valence-corrected chi connectivity index (χ4v) is 7.68. The predicted molar refractivity (Wildman–Crippen MR) is 269 cm³/mol. The number of carbonyl (C=O) groups is 10. The van der Waals surface area contributed by atoms with Crippen LogP contribution in [0.2, 0.25) is 0 Å². The number of unbranched alkanes of at least 4 members (excludes halogenated alkanes) is 3. The molecule has 1 heterocycles. The van der Waals surface area contributed by atoms with Gasteiger partial charge in [-0.25, -0.2) is 9.18 Å². The Balaban J connectivity index is 1.34. The molecule has 3 aromatic carbocycles. The number of amides is 9. The minimum atomic E-state index is -1.44. The minimum absolute atomic E-state index is 0.0267. The normalized spacial score (nSPS) is 12.4. The maximum absolute atomic E-state index is 14.3. The number of nitrogens with two attached hydrogens (primary N) is 1. The summed E-state index contributed by atoms with van der Waals surface area (Å²) in [5.41, 5.74) is 7.76. The molecule has 0 aliphatic rings. The Morgan fingerprint density at radius 2 is 1.20 bits per heavy atom. The van der Waals surface area contributed by atoms with Gasteiger partial charge in [0.1, 0.15) is 30.0 Å². The molecule has 1 aromatic heterocycles. The van der Waals surface area contributed by atoms with Crippen molar-refractivity contribution in [2.24, 2.45) is 5.73 Å². The number of primary amides is 1. The smallest absolute Gasteiger partial charge is 0.319 e. The van der Waals surface area contributed by atoms with Crippen LogP contribution in [0.4, 0.5) is 14.9 Å². The molecule has 398 valence electrons. The zero-order valence-electron chi connectivity index (χ0n) is 40.8. The summed E-state index contributed by atoms with van der Waals surface area (Å²) < 4.78 is 14.3. The van der Waals surface area contributed by atoms with Crippen molar-refractivity contribution in [3.8, 4) is 0 Å². The number of urea groups is 1. The molecule has 23 heteroatoms. The lowest BCUT2D eigenvalue weighted by molar-refractivity contribution is -0.138. The van der Waals surface area contributed by atoms with E-state index in [9.17, 15) is 57.4 Å². The Kier molecular flexibility index (Phi) is 24.5. The molecule has 4 unspecified atom stereocenters. The van der Waals surface area contributed by atoms with Gasteiger partial charge in [-0.3, -0.25) is 43.2 Å². The van der Waals surface area contributed by atoms with Gasteiger partial charge in [0.25, 0.3) is 0 Å². The summed E-state index contributed by atoms with van der Waals surface area (Å²) >= 11 is 0. The first-order valence-electron chi connectivity index (χ1n) is 24.3. The van der Waals surface area contributed by atoms with Crippen LogP contribution in [0.1, 0.15) is 88.2 Å². The molecule has 4 rings (SSSR count). The zero-order valence-corrected chi connectivity index (χ0v) is 40.8. The molecular weight excluding hydrogens is 964 g/mol. The van der Waals surface area contributed by atoms with E-state index in [2.05, 4.69) is 47.5 Å². The van der Waals surface area contributed by atoms with Gasteiger partial charge in [-0.15, -0.1) is 0 Å². The molecule has 0 aliphatic carbocycles. The molecule has 22 nitrogen and oxygen atoms in total. The summed E-state index contributed by atoms with van der Waals surface area (Å²) in [6.45, 7) is -0.172. The van der Waals surface area contributed by atoms with Crippen molar-refractivity contribution in [1.82, 2.24) is 42.2 Å². The van der Waals surface area contributed by atoms with Gasteiger partial charge >= 0.3 is 18.0 Å². The average Bonchev–Trinajstić information content (AvgIpc) is 3.77. The van der Waals surface area contributed by atoms with E-state index in [1.165, 1.54) is 18.2 Å². The highest BCUT2D eigenvalue weighted by molar-refractivity contribution is 5.96. The van der Waals surface area contributed by atoms with E-state index in [0.717, 1.165) is 6.07 Å². The Morgan fingerprint density at radius 3 is 1.92 bits per heavy atom. The zero-order chi connectivity index (χ0) is 53.8. The monoisotopic (exact) mass is 1030 g/mol. The summed E-state index contributed by atoms with van der Waals surface area (Å²) in [5, 5.41) is 40.0. The van der Waals surface area contributed by atoms with E-state index in [4.69, 9.17) is 10.8 Å². The number of H-pyrrole nitrogens is 1. The van der Waals surface area contributed by atoms with Gasteiger partial charge in [-0.1, -0.05) is 55.0 Å². The summed E-state index contributed by atoms with van der Waals surface area (Å²) in [6.07, 6.45) is 2.54. The number of hydrogen-bond donors (Lipinski definition) is 12. The van der Waals surface area contributed by atoms with Crippen LogP contribution in [0.5, 0.6) is 0 Å². The maximum atomic E-state index is 14.3. The SMILES string of the molecule is NC(=O)C(CCCCNC(=O)Nc1ccccc1)NC(=O)CCCCCNC(=O)C(CCC(=O)O)NC(=O)C(Cc1c[nH]c2ccccc12)NC(=O)C(Cc1cccc(F)c1)NC(=O)CNC(=O)CCCC(=O)O. The standard InChI is InChI=1S/C51H65FN10O12/c52-34-14-11-13-32(27-34)28-40(60-44(65)31-57-42(63)21-12-22-45(66)67)49(72)62-41(29-33-30-56-37-18-7-6-17-36(33)37)50(73)61-39(23-24-46(68)69)48(71)54-25-9-2-5-20-43(64)59-38(47(53)70)19-8-10-26-55-51(74)58-35-15-3-1-4-16-35/h1,3-4,6-7,11,13-18,27,30,38-41,56H,2,5,8-10,12,19-26,28-29,31H2,(H2,53,70)(H,54,71)(H,57,63)(H,59,64)(H,60,65)(H,61,73)(H,62,72)(H,66,67)(H,68,69)(H2,55,58,74). The van der Waals surface area contributed by atoms with E-state index in [-0.39, 0.29) is 63.9 Å². The van der Waals surface area contributed by atoms with E-state index in [0.29, 0.717) is 66.4 Å². The van der Waals surface area contributed by atoms with Crippen molar-refractivity contribution in [2.45, 2.75) is 114 Å². The topological polar surface area (TPSA) is 349 Å². The highest BCUT2D eigenvalue weighted by atomic mass is 19.1. The van der Waals surface area contributed by atoms with Gasteiger partial charge in [0, 0.05) is 74.4 Å². The molecule has 0 aliphatic heterocycles. The van der Waals surface area contributed by atoms with Crippen molar-refractivity contribution in [1.29, 1.82) is 0 Å². The van der Waals surface area contributed by atoms with Crippen molar-refractivity contribution in [3.05, 3.63) is 102 Å². The first-order chi connectivity index (χ1) is 35.5. The number of anilines is 1. The van der Waals surface area contributed by atoms with Gasteiger partial charge < -0.3 is 63.5 Å². The van der Waals surface area contributed by atoms with Crippen molar-refractivity contribution in [2.75, 3.05) is 25.0 Å². The average molecular weight is 1030 g/mol. The van der Waals surface area contributed by atoms with Crippen LogP contribution in [0.25, 0.3) is 10.9 Å². The van der Waals surface area contributed by atoms with Crippen LogP contribution in [0.15, 0.2) is 85.1 Å². The highest BCUT2D eigenvalue weighted by Crippen LogP contribution is 2.20. The third-order valence-corrected chi connectivity index (χ3v) is 11.5. The molecule has 74 heavy (non-hydrogen) atoms. The summed E-state index contributed by atoms with van der Waals surface area (Å²) in [6, 6.07) is 15.8. The van der Waals surface area contributed by atoms with E-state index in [1.807, 2.05) is 6.07 Å². The molecule has 0 saturated carbocycles. The van der Waals surface area contributed by atoms with E-state index < -0.39 is 96.2 Å². The number of benzene rings is 3. The van der Waals surface area contributed by atoms with E-state index in [1.54, 1.807) is 54.7 Å². The Bertz CT molecular complexity index is 2560. The number of rotatable bonds is 33. The molecule has 0 spiro atoms. The number of para-hydroxylation sites is 2. The first kappa shape index (κ1) is 58.2. The van der Waals surface area contributed by atoms with Crippen LogP contribution >= 0.6 is 0 Å². The predicted octanol–water partition coefficient (Wildman–Crippen LogP) is 2.42. The van der Waals surface area contributed by atoms with Crippen LogP contribution in [0, 0.1) is 5.82 Å². The van der Waals surface area contributed by atoms with Crippen LogP contribution in [0.3, 0.4) is 0 Å². The molecule has 4 aromatic rings. The van der Waals surface area contributed by atoms with Gasteiger partial charge in [0.2, 0.25) is 41.4 Å². The summed E-state index contributed by atoms with van der Waals surface area (Å²) in [4.78, 5) is 130. The molecule has 0 saturated heterocycles. The Hall–Kier alpha value is -8.37. The fourth-order valence-electron chi connectivity index (χ4n) is 7.68. The second-order valence-electron chi connectivity index (χ2n) is 17.5. The third-order valence-electron chi connectivity index (χ3n) is 11.5. The molecule has 0 radical (unpaired) electrons. The molecule has 9 amide bonds. The largest absolute Gasteiger partial charge is 0.481 e. The second kappa shape index (κ2) is 31.2. The van der Waals surface area contributed by atoms with Gasteiger partial charge in [0.15, 0.2) is 0 Å². The second-order valence-corrected chi connectivity index (χ2v) is 17.5. The number of aliphatic carboxylic acids is 2. The number of aromatic nitrogens is 1. The van der Waals surface area contributed by atoms with Crippen LogP contribution < -0.4 is 48.3 Å². The van der Waals surface area contributed by atoms with Crippen molar-refractivity contribution in [3.63, 3.8) is 0 Å². The number of carboxylic acids is 2. The van der Waals surface area contributed by atoms with Gasteiger partial charge in [-0.2, -0.15) is 0 Å². The molecular formula is C51H65FN10O12. The minimum Gasteiger partial charge on any atom is -0.481 e. The lowest BCUT2D eigenvalue weighted by Gasteiger charge is -2.25. The Labute approximate surface area is 426 Å². The van der Waals surface area contributed by atoms with Gasteiger partial charge in [-0.05, 0) is 86.4 Å². The summed E-state index contributed by atoms with van der Waals surface area (Å²) in [7, 11) is 0. The van der Waals surface area contributed by atoms with E-state index >= 15 is 0 Å². The maximum Gasteiger partial charge on any atom is 0.319 e.